The SMILES string of the molecule is Cn1ccnc1CNC[C@@H]1CCc2nncn2C1. The van der Waals surface area contributed by atoms with Crippen molar-refractivity contribution in [3.05, 3.63) is 30.4 Å². The molecule has 18 heavy (non-hydrogen) atoms. The number of fused-ring (bicyclic) bond motifs is 1. The van der Waals surface area contributed by atoms with Crippen molar-refractivity contribution in [2.45, 2.75) is 25.9 Å². The lowest BCUT2D eigenvalue weighted by Gasteiger charge is -2.23. The summed E-state index contributed by atoms with van der Waals surface area (Å²) < 4.78 is 4.21. The molecular formula is C12H18N6. The van der Waals surface area contributed by atoms with Gasteiger partial charge in [0.25, 0.3) is 0 Å². The van der Waals surface area contributed by atoms with Crippen molar-refractivity contribution in [3.8, 4) is 0 Å². The monoisotopic (exact) mass is 246 g/mol. The molecule has 2 aromatic heterocycles. The van der Waals surface area contributed by atoms with Crippen molar-refractivity contribution in [1.82, 2.24) is 29.6 Å². The van der Waals surface area contributed by atoms with Crippen LogP contribution >= 0.6 is 0 Å². The van der Waals surface area contributed by atoms with Crippen LogP contribution in [0.3, 0.4) is 0 Å². The lowest BCUT2D eigenvalue weighted by atomic mass is 9.99. The molecule has 0 bridgehead atoms. The molecule has 2 aromatic rings. The first-order valence-corrected chi connectivity index (χ1v) is 6.36. The topological polar surface area (TPSA) is 60.6 Å². The van der Waals surface area contributed by atoms with Gasteiger partial charge in [-0.3, -0.25) is 0 Å². The first kappa shape index (κ1) is 11.4. The van der Waals surface area contributed by atoms with Crippen LogP contribution in [0.4, 0.5) is 0 Å². The average molecular weight is 246 g/mol. The number of hydrogen-bond acceptors (Lipinski definition) is 4. The fraction of sp³-hybridized carbons (Fsp3) is 0.583. The van der Waals surface area contributed by atoms with Crippen LogP contribution in [0.1, 0.15) is 18.1 Å². The number of aromatic nitrogens is 5. The summed E-state index contributed by atoms with van der Waals surface area (Å²) in [7, 11) is 2.02. The second kappa shape index (κ2) is 4.89. The van der Waals surface area contributed by atoms with Gasteiger partial charge in [0.05, 0.1) is 6.54 Å². The summed E-state index contributed by atoms with van der Waals surface area (Å²) in [6.07, 6.45) is 7.86. The van der Waals surface area contributed by atoms with Crippen LogP contribution < -0.4 is 5.32 Å². The van der Waals surface area contributed by atoms with Crippen molar-refractivity contribution in [1.29, 1.82) is 0 Å². The molecule has 0 fully saturated rings. The number of nitrogens with one attached hydrogen (secondary N) is 1. The fourth-order valence-corrected chi connectivity index (χ4v) is 2.45. The number of rotatable bonds is 4. The highest BCUT2D eigenvalue weighted by atomic mass is 15.3. The fourth-order valence-electron chi connectivity index (χ4n) is 2.45. The zero-order chi connectivity index (χ0) is 12.4. The normalized spacial score (nSPS) is 18.8. The zero-order valence-electron chi connectivity index (χ0n) is 10.6. The van der Waals surface area contributed by atoms with Crippen molar-refractivity contribution < 1.29 is 0 Å². The minimum atomic E-state index is 0.661. The first-order chi connectivity index (χ1) is 8.83. The molecule has 1 aliphatic rings. The molecule has 0 spiro atoms. The quantitative estimate of drug-likeness (QED) is 0.846. The molecule has 0 saturated carbocycles. The van der Waals surface area contributed by atoms with Gasteiger partial charge in [0.15, 0.2) is 0 Å². The second-order valence-electron chi connectivity index (χ2n) is 4.89. The van der Waals surface area contributed by atoms with Gasteiger partial charge in [-0.05, 0) is 12.3 Å². The number of aryl methyl sites for hydroxylation is 2. The van der Waals surface area contributed by atoms with E-state index in [1.165, 1.54) is 6.42 Å². The van der Waals surface area contributed by atoms with Crippen LogP contribution in [0.25, 0.3) is 0 Å². The Bertz CT molecular complexity index is 514. The van der Waals surface area contributed by atoms with Crippen molar-refractivity contribution >= 4 is 0 Å². The van der Waals surface area contributed by atoms with Crippen LogP contribution in [0.15, 0.2) is 18.7 Å². The Morgan fingerprint density at radius 2 is 2.44 bits per heavy atom. The first-order valence-electron chi connectivity index (χ1n) is 6.36. The van der Waals surface area contributed by atoms with Crippen LogP contribution in [-0.2, 0) is 26.6 Å². The molecule has 1 atom stereocenters. The molecule has 6 heteroatoms. The molecular weight excluding hydrogens is 228 g/mol. The van der Waals surface area contributed by atoms with Gasteiger partial charge in [-0.25, -0.2) is 4.98 Å². The molecule has 0 aromatic carbocycles. The van der Waals surface area contributed by atoms with E-state index in [0.29, 0.717) is 5.92 Å². The van der Waals surface area contributed by atoms with Crippen LogP contribution in [0.2, 0.25) is 0 Å². The molecule has 0 aliphatic carbocycles. The maximum Gasteiger partial charge on any atom is 0.132 e. The largest absolute Gasteiger partial charge is 0.337 e. The second-order valence-corrected chi connectivity index (χ2v) is 4.89. The Morgan fingerprint density at radius 3 is 3.28 bits per heavy atom. The van der Waals surface area contributed by atoms with Gasteiger partial charge in [-0.15, -0.1) is 10.2 Å². The summed E-state index contributed by atoms with van der Waals surface area (Å²) >= 11 is 0. The number of imidazole rings is 1. The standard InChI is InChI=1S/C12H18N6/c1-17-5-4-14-12(17)7-13-6-10-2-3-11-16-15-9-18(11)8-10/h4-5,9-10,13H,2-3,6-8H2,1H3/t10-/m0/s1. The van der Waals surface area contributed by atoms with E-state index in [0.717, 1.165) is 37.7 Å². The van der Waals surface area contributed by atoms with E-state index in [4.69, 9.17) is 0 Å². The van der Waals surface area contributed by atoms with E-state index in [1.54, 1.807) is 0 Å². The van der Waals surface area contributed by atoms with E-state index < -0.39 is 0 Å². The summed E-state index contributed by atoms with van der Waals surface area (Å²) in [5.41, 5.74) is 0. The Kier molecular flexibility index (Phi) is 3.10. The predicted molar refractivity (Wildman–Crippen MR) is 66.7 cm³/mol. The lowest BCUT2D eigenvalue weighted by molar-refractivity contribution is 0.345. The molecule has 1 aliphatic heterocycles. The lowest BCUT2D eigenvalue weighted by Crippen LogP contribution is -2.30. The summed E-state index contributed by atoms with van der Waals surface area (Å²) in [5, 5.41) is 11.5. The molecule has 6 nitrogen and oxygen atoms in total. The van der Waals surface area contributed by atoms with Crippen LogP contribution in [0, 0.1) is 5.92 Å². The highest BCUT2D eigenvalue weighted by Gasteiger charge is 2.18. The van der Waals surface area contributed by atoms with Gasteiger partial charge >= 0.3 is 0 Å². The van der Waals surface area contributed by atoms with Gasteiger partial charge in [-0.1, -0.05) is 0 Å². The van der Waals surface area contributed by atoms with Crippen LogP contribution in [0.5, 0.6) is 0 Å². The Hall–Kier alpha value is -1.69. The van der Waals surface area contributed by atoms with E-state index in [9.17, 15) is 0 Å². The summed E-state index contributed by atoms with van der Waals surface area (Å²) in [4.78, 5) is 4.30. The van der Waals surface area contributed by atoms with Crippen molar-refractivity contribution in [2.24, 2.45) is 13.0 Å². The molecule has 0 unspecified atom stereocenters. The molecule has 3 heterocycles. The minimum absolute atomic E-state index is 0.661. The molecule has 0 radical (unpaired) electrons. The molecule has 3 rings (SSSR count). The van der Waals surface area contributed by atoms with E-state index >= 15 is 0 Å². The summed E-state index contributed by atoms with van der Waals surface area (Å²) in [5.74, 6) is 2.86. The maximum absolute atomic E-state index is 4.30. The van der Waals surface area contributed by atoms with Gasteiger partial charge in [0, 0.05) is 39.0 Å². The zero-order valence-corrected chi connectivity index (χ0v) is 10.6. The van der Waals surface area contributed by atoms with Crippen LogP contribution in [-0.4, -0.2) is 30.9 Å². The minimum Gasteiger partial charge on any atom is -0.337 e. The maximum atomic E-state index is 4.30. The summed E-state index contributed by atoms with van der Waals surface area (Å²) in [6, 6.07) is 0. The number of nitrogens with zero attached hydrogens (tertiary/aromatic N) is 5. The number of hydrogen-bond donors (Lipinski definition) is 1. The Balaban J connectivity index is 1.49. The van der Waals surface area contributed by atoms with Crippen molar-refractivity contribution in [3.63, 3.8) is 0 Å². The highest BCUT2D eigenvalue weighted by Crippen LogP contribution is 2.17. The molecule has 1 N–H and O–H groups in total. The Morgan fingerprint density at radius 1 is 1.50 bits per heavy atom. The third-order valence-electron chi connectivity index (χ3n) is 3.56. The molecule has 96 valence electrons. The third-order valence-corrected chi connectivity index (χ3v) is 3.56. The van der Waals surface area contributed by atoms with E-state index in [1.807, 2.05) is 30.3 Å². The van der Waals surface area contributed by atoms with Gasteiger partial charge in [0.1, 0.15) is 18.0 Å². The van der Waals surface area contributed by atoms with Gasteiger partial charge in [0.2, 0.25) is 0 Å². The van der Waals surface area contributed by atoms with Crippen molar-refractivity contribution in [2.75, 3.05) is 6.54 Å². The molecule has 0 amide bonds. The predicted octanol–water partition coefficient (Wildman–Crippen LogP) is 0.364. The highest BCUT2D eigenvalue weighted by molar-refractivity contribution is 4.93. The smallest absolute Gasteiger partial charge is 0.132 e. The average Bonchev–Trinajstić information content (AvgIpc) is 2.98. The third kappa shape index (κ3) is 2.28. The van der Waals surface area contributed by atoms with E-state index in [2.05, 4.69) is 25.1 Å². The summed E-state index contributed by atoms with van der Waals surface area (Å²) in [6.45, 7) is 2.87. The van der Waals surface area contributed by atoms with Gasteiger partial charge in [-0.2, -0.15) is 0 Å². The Labute approximate surface area is 106 Å². The molecule has 0 saturated heterocycles. The van der Waals surface area contributed by atoms with E-state index in [-0.39, 0.29) is 0 Å². The van der Waals surface area contributed by atoms with Gasteiger partial charge < -0.3 is 14.5 Å².